The predicted molar refractivity (Wildman–Crippen MR) is 96.0 cm³/mol. The van der Waals surface area contributed by atoms with Gasteiger partial charge in [0.1, 0.15) is 23.5 Å². The molecule has 2 aromatic rings. The number of anilines is 1. The van der Waals surface area contributed by atoms with E-state index in [4.69, 9.17) is 9.47 Å². The van der Waals surface area contributed by atoms with Crippen molar-refractivity contribution in [1.82, 2.24) is 15.1 Å². The fraction of sp³-hybridized carbons (Fsp3) is 0.471. The molecule has 0 unspecified atom stereocenters. The van der Waals surface area contributed by atoms with E-state index in [1.165, 1.54) is 11.3 Å². The van der Waals surface area contributed by atoms with Crippen LogP contribution in [0.1, 0.15) is 16.1 Å². The van der Waals surface area contributed by atoms with Crippen molar-refractivity contribution in [3.05, 3.63) is 34.3 Å². The normalized spacial score (nSPS) is 15.0. The summed E-state index contributed by atoms with van der Waals surface area (Å²) in [7, 11) is 1.60. The van der Waals surface area contributed by atoms with Crippen LogP contribution in [-0.4, -0.2) is 53.9 Å². The van der Waals surface area contributed by atoms with Gasteiger partial charge in [-0.1, -0.05) is 29.5 Å². The van der Waals surface area contributed by atoms with Crippen molar-refractivity contribution in [2.45, 2.75) is 26.6 Å². The third-order valence-electron chi connectivity index (χ3n) is 3.97. The summed E-state index contributed by atoms with van der Waals surface area (Å²) in [5.74, 6) is 0.863. The number of rotatable bonds is 7. The number of hydrogen-bond donors (Lipinski definition) is 1. The number of nitrogens with one attached hydrogen (secondary N) is 1. The van der Waals surface area contributed by atoms with Gasteiger partial charge in [-0.3, -0.25) is 15.0 Å². The zero-order valence-electron chi connectivity index (χ0n) is 14.6. The first-order chi connectivity index (χ1) is 12.0. The lowest BCUT2D eigenvalue weighted by atomic mass is 10.1. The first kappa shape index (κ1) is 17.8. The molecule has 1 aromatic carbocycles. The Labute approximate surface area is 151 Å². The van der Waals surface area contributed by atoms with Gasteiger partial charge in [-0.15, -0.1) is 10.2 Å². The van der Waals surface area contributed by atoms with Crippen LogP contribution in [0.15, 0.2) is 18.2 Å². The van der Waals surface area contributed by atoms with Crippen LogP contribution in [0.25, 0.3) is 0 Å². The van der Waals surface area contributed by atoms with Crippen LogP contribution in [-0.2, 0) is 16.1 Å². The summed E-state index contributed by atoms with van der Waals surface area (Å²) >= 11 is 1.32. The maximum absolute atomic E-state index is 12.1. The van der Waals surface area contributed by atoms with Crippen molar-refractivity contribution >= 4 is 22.4 Å². The Bertz CT molecular complexity index is 723. The number of hydrogen-bond acceptors (Lipinski definition) is 7. The maximum Gasteiger partial charge on any atom is 0.240 e. The number of likely N-dealkylation sites (tertiary alicyclic amines) is 1. The van der Waals surface area contributed by atoms with E-state index in [0.717, 1.165) is 35.0 Å². The van der Waals surface area contributed by atoms with Crippen LogP contribution < -0.4 is 10.1 Å². The number of methoxy groups -OCH3 is 1. The molecule has 3 rings (SSSR count). The lowest BCUT2D eigenvalue weighted by Gasteiger charge is -2.38. The molecule has 1 aliphatic rings. The fourth-order valence-corrected chi connectivity index (χ4v) is 3.45. The standard InChI is InChI=1S/C17H22N4O3S/c1-11-5-4-6-12(2)16(11)24-13-7-21(8-13)9-14(22)18-17-20-19-15(25-17)10-23-3/h4-6,13H,7-10H2,1-3H3,(H,18,20,22). The summed E-state index contributed by atoms with van der Waals surface area (Å²) in [5.41, 5.74) is 2.28. The predicted octanol–water partition coefficient (Wildman–Crippen LogP) is 2.00. The zero-order valence-corrected chi connectivity index (χ0v) is 15.4. The molecule has 25 heavy (non-hydrogen) atoms. The monoisotopic (exact) mass is 362 g/mol. The first-order valence-corrected chi connectivity index (χ1v) is 8.93. The molecule has 0 spiro atoms. The fourth-order valence-electron chi connectivity index (χ4n) is 2.73. The third kappa shape index (κ3) is 4.53. The number of carbonyl (C=O) groups excluding carboxylic acids is 1. The van der Waals surface area contributed by atoms with Crippen LogP contribution in [0.4, 0.5) is 5.13 Å². The molecule has 1 amide bonds. The number of carbonyl (C=O) groups is 1. The maximum atomic E-state index is 12.1. The van der Waals surface area contributed by atoms with Gasteiger partial charge in [0, 0.05) is 20.2 Å². The summed E-state index contributed by atoms with van der Waals surface area (Å²) in [6, 6.07) is 6.12. The van der Waals surface area contributed by atoms with Crippen molar-refractivity contribution in [2.75, 3.05) is 32.1 Å². The van der Waals surface area contributed by atoms with E-state index < -0.39 is 0 Å². The molecule has 1 aromatic heterocycles. The highest BCUT2D eigenvalue weighted by Crippen LogP contribution is 2.26. The summed E-state index contributed by atoms with van der Waals surface area (Å²) < 4.78 is 11.1. The Kier molecular flexibility index (Phi) is 5.62. The molecule has 0 bridgehead atoms. The first-order valence-electron chi connectivity index (χ1n) is 8.11. The Hall–Kier alpha value is -2.03. The minimum atomic E-state index is -0.0920. The summed E-state index contributed by atoms with van der Waals surface area (Å²) in [4.78, 5) is 14.1. The zero-order chi connectivity index (χ0) is 17.8. The van der Waals surface area contributed by atoms with E-state index in [-0.39, 0.29) is 12.0 Å². The Balaban J connectivity index is 1.43. The van der Waals surface area contributed by atoms with E-state index in [1.807, 2.05) is 36.9 Å². The second kappa shape index (κ2) is 7.90. The molecule has 1 aliphatic heterocycles. The van der Waals surface area contributed by atoms with Gasteiger partial charge in [-0.05, 0) is 25.0 Å². The quantitative estimate of drug-likeness (QED) is 0.812. The van der Waals surface area contributed by atoms with Crippen LogP contribution in [0.2, 0.25) is 0 Å². The van der Waals surface area contributed by atoms with Gasteiger partial charge in [0.25, 0.3) is 0 Å². The Morgan fingerprint density at radius 2 is 2.04 bits per heavy atom. The number of nitrogens with zero attached hydrogens (tertiary/aromatic N) is 3. The molecule has 0 saturated carbocycles. The summed E-state index contributed by atoms with van der Waals surface area (Å²) in [6.45, 7) is 6.31. The lowest BCUT2D eigenvalue weighted by molar-refractivity contribution is -0.119. The topological polar surface area (TPSA) is 76.6 Å². The smallest absolute Gasteiger partial charge is 0.240 e. The highest BCUT2D eigenvalue weighted by atomic mass is 32.1. The molecule has 2 heterocycles. The molecule has 0 atom stereocenters. The number of para-hydroxylation sites is 1. The van der Waals surface area contributed by atoms with Gasteiger partial charge in [-0.25, -0.2) is 0 Å². The molecule has 0 aliphatic carbocycles. The van der Waals surface area contributed by atoms with Gasteiger partial charge < -0.3 is 9.47 Å². The Morgan fingerprint density at radius 1 is 1.32 bits per heavy atom. The van der Waals surface area contributed by atoms with E-state index in [2.05, 4.69) is 15.5 Å². The van der Waals surface area contributed by atoms with Gasteiger partial charge in [0.15, 0.2) is 0 Å². The van der Waals surface area contributed by atoms with E-state index in [0.29, 0.717) is 18.3 Å². The second-order valence-corrected chi connectivity index (χ2v) is 7.20. The minimum Gasteiger partial charge on any atom is -0.487 e. The number of ether oxygens (including phenoxy) is 2. The van der Waals surface area contributed by atoms with Crippen molar-refractivity contribution in [1.29, 1.82) is 0 Å². The van der Waals surface area contributed by atoms with Crippen LogP contribution in [0.5, 0.6) is 5.75 Å². The summed E-state index contributed by atoms with van der Waals surface area (Å²) in [6.07, 6.45) is 0.127. The summed E-state index contributed by atoms with van der Waals surface area (Å²) in [5, 5.41) is 11.9. The van der Waals surface area contributed by atoms with E-state index >= 15 is 0 Å². The van der Waals surface area contributed by atoms with Crippen LogP contribution in [0, 0.1) is 13.8 Å². The number of benzene rings is 1. The molecule has 1 N–H and O–H groups in total. The van der Waals surface area contributed by atoms with Crippen LogP contribution >= 0.6 is 11.3 Å². The lowest BCUT2D eigenvalue weighted by Crippen LogP contribution is -2.55. The average molecular weight is 362 g/mol. The van der Waals surface area contributed by atoms with Gasteiger partial charge in [-0.2, -0.15) is 0 Å². The van der Waals surface area contributed by atoms with Crippen molar-refractivity contribution in [3.8, 4) is 5.75 Å². The minimum absolute atomic E-state index is 0.0920. The van der Waals surface area contributed by atoms with E-state index in [9.17, 15) is 4.79 Å². The molecule has 0 radical (unpaired) electrons. The van der Waals surface area contributed by atoms with Gasteiger partial charge >= 0.3 is 0 Å². The molecule has 134 valence electrons. The van der Waals surface area contributed by atoms with Crippen LogP contribution in [0.3, 0.4) is 0 Å². The number of aromatic nitrogens is 2. The van der Waals surface area contributed by atoms with Crippen molar-refractivity contribution < 1.29 is 14.3 Å². The van der Waals surface area contributed by atoms with Gasteiger partial charge in [0.2, 0.25) is 11.0 Å². The van der Waals surface area contributed by atoms with Gasteiger partial charge in [0.05, 0.1) is 6.54 Å². The van der Waals surface area contributed by atoms with Crippen molar-refractivity contribution in [2.24, 2.45) is 0 Å². The largest absolute Gasteiger partial charge is 0.487 e. The van der Waals surface area contributed by atoms with Crippen molar-refractivity contribution in [3.63, 3.8) is 0 Å². The molecule has 7 nitrogen and oxygen atoms in total. The average Bonchev–Trinajstić information content (AvgIpc) is 2.95. The third-order valence-corrected chi connectivity index (χ3v) is 4.78. The molecule has 1 fully saturated rings. The number of amides is 1. The number of aryl methyl sites for hydroxylation is 2. The highest BCUT2D eigenvalue weighted by molar-refractivity contribution is 7.15. The molecule has 8 heteroatoms. The Morgan fingerprint density at radius 3 is 2.72 bits per heavy atom. The highest BCUT2D eigenvalue weighted by Gasteiger charge is 2.30. The second-order valence-electron chi connectivity index (χ2n) is 6.14. The van der Waals surface area contributed by atoms with E-state index in [1.54, 1.807) is 7.11 Å². The SMILES string of the molecule is COCc1nnc(NC(=O)CN2CC(Oc3c(C)cccc3C)C2)s1. The molecular weight excluding hydrogens is 340 g/mol. The molecule has 1 saturated heterocycles. The molecular formula is C17H22N4O3S.